The van der Waals surface area contributed by atoms with Gasteiger partial charge in [0.25, 0.3) is 0 Å². The van der Waals surface area contributed by atoms with Crippen molar-refractivity contribution in [2.45, 2.75) is 0 Å². The lowest BCUT2D eigenvalue weighted by Crippen LogP contribution is -1.82. The number of pyridine rings is 1. The zero-order valence-corrected chi connectivity index (χ0v) is 10.9. The Morgan fingerprint density at radius 3 is 2.82 bits per heavy atom. The molecular weight excluding hydrogens is 303 g/mol. The number of thiazole rings is 1. The number of halogens is 2. The van der Waals surface area contributed by atoms with Crippen molar-refractivity contribution in [3.8, 4) is 10.6 Å². The quantitative estimate of drug-likeness (QED) is 0.628. The number of nitrogens with zero attached hydrogens (tertiary/aromatic N) is 2. The van der Waals surface area contributed by atoms with Gasteiger partial charge in [-0.3, -0.25) is 0 Å². The van der Waals surface area contributed by atoms with Crippen LogP contribution >= 0.6 is 27.3 Å². The van der Waals surface area contributed by atoms with Gasteiger partial charge in [0.15, 0.2) is 0 Å². The molecule has 3 rings (SSSR count). The fourth-order valence-corrected chi connectivity index (χ4v) is 3.03. The zero-order chi connectivity index (χ0) is 11.8. The van der Waals surface area contributed by atoms with Crippen molar-refractivity contribution in [3.05, 3.63) is 46.9 Å². The van der Waals surface area contributed by atoms with Crippen LogP contribution < -0.4 is 0 Å². The van der Waals surface area contributed by atoms with E-state index in [1.165, 1.54) is 12.3 Å². The minimum absolute atomic E-state index is 0.474. The van der Waals surface area contributed by atoms with Crippen LogP contribution in [-0.4, -0.2) is 9.97 Å². The summed E-state index contributed by atoms with van der Waals surface area (Å²) in [4.78, 5) is 8.12. The zero-order valence-electron chi connectivity index (χ0n) is 8.52. The monoisotopic (exact) mass is 308 g/mol. The Kier molecular flexibility index (Phi) is 2.64. The minimum atomic E-state index is -0.474. The Hall–Kier alpha value is -1.33. The molecule has 2 nitrogen and oxygen atoms in total. The second-order valence-corrected chi connectivity index (χ2v) is 5.45. The molecule has 0 bridgehead atoms. The first-order chi connectivity index (χ1) is 8.22. The van der Waals surface area contributed by atoms with Crippen molar-refractivity contribution in [2.24, 2.45) is 0 Å². The lowest BCUT2D eigenvalue weighted by atomic mass is 10.3. The van der Waals surface area contributed by atoms with Gasteiger partial charge in [0.05, 0.1) is 10.2 Å². The molecule has 0 radical (unpaired) electrons. The van der Waals surface area contributed by atoms with E-state index in [1.807, 2.05) is 18.2 Å². The summed E-state index contributed by atoms with van der Waals surface area (Å²) in [5, 5.41) is 0.852. The molecule has 0 aliphatic carbocycles. The van der Waals surface area contributed by atoms with Crippen molar-refractivity contribution in [1.29, 1.82) is 0 Å². The number of hydrogen-bond acceptors (Lipinski definition) is 3. The molecule has 2 aromatic heterocycles. The van der Waals surface area contributed by atoms with Crippen LogP contribution in [0.1, 0.15) is 0 Å². The predicted molar refractivity (Wildman–Crippen MR) is 70.5 cm³/mol. The van der Waals surface area contributed by atoms with Crippen molar-refractivity contribution in [3.63, 3.8) is 0 Å². The molecule has 2 heterocycles. The van der Waals surface area contributed by atoms with Gasteiger partial charge >= 0.3 is 0 Å². The van der Waals surface area contributed by atoms with E-state index in [1.54, 1.807) is 17.4 Å². The molecule has 0 N–H and O–H groups in total. The van der Waals surface area contributed by atoms with Crippen LogP contribution in [0.5, 0.6) is 0 Å². The first-order valence-electron chi connectivity index (χ1n) is 4.90. The Morgan fingerprint density at radius 1 is 1.18 bits per heavy atom. The van der Waals surface area contributed by atoms with Crippen LogP contribution in [0, 0.1) is 5.95 Å². The van der Waals surface area contributed by atoms with Gasteiger partial charge in [-0.2, -0.15) is 4.39 Å². The summed E-state index contributed by atoms with van der Waals surface area (Å²) in [5.41, 5.74) is 1.78. The Bertz CT molecular complexity index is 679. The number of hydrogen-bond donors (Lipinski definition) is 0. The SMILES string of the molecule is Fc1ccc(-c2nc3ccc(Br)cc3s2)cn1. The predicted octanol–water partition coefficient (Wildman–Crippen LogP) is 4.26. The number of fused-ring (bicyclic) bond motifs is 1. The molecule has 0 spiro atoms. The summed E-state index contributed by atoms with van der Waals surface area (Å²) in [5.74, 6) is -0.474. The van der Waals surface area contributed by atoms with Crippen LogP contribution in [0.15, 0.2) is 41.0 Å². The Labute approximate surface area is 109 Å². The van der Waals surface area contributed by atoms with E-state index in [-0.39, 0.29) is 0 Å². The second kappa shape index (κ2) is 4.16. The van der Waals surface area contributed by atoms with Gasteiger partial charge in [-0.1, -0.05) is 15.9 Å². The summed E-state index contributed by atoms with van der Waals surface area (Å²) in [7, 11) is 0. The highest BCUT2D eigenvalue weighted by Gasteiger charge is 2.07. The highest BCUT2D eigenvalue weighted by atomic mass is 79.9. The smallest absolute Gasteiger partial charge is 0.212 e. The van der Waals surface area contributed by atoms with Gasteiger partial charge in [0.1, 0.15) is 5.01 Å². The molecule has 0 amide bonds. The third-order valence-electron chi connectivity index (χ3n) is 2.32. The van der Waals surface area contributed by atoms with E-state index in [9.17, 15) is 4.39 Å². The fraction of sp³-hybridized carbons (Fsp3) is 0. The van der Waals surface area contributed by atoms with E-state index in [0.717, 1.165) is 25.3 Å². The molecule has 5 heteroatoms. The lowest BCUT2D eigenvalue weighted by molar-refractivity contribution is 0.584. The third-order valence-corrected chi connectivity index (χ3v) is 3.89. The van der Waals surface area contributed by atoms with E-state index in [0.29, 0.717) is 0 Å². The maximum Gasteiger partial charge on any atom is 0.212 e. The number of benzene rings is 1. The fourth-order valence-electron chi connectivity index (χ4n) is 1.52. The standard InChI is InChI=1S/C12H6BrFN2S/c13-8-2-3-9-10(5-8)17-12(16-9)7-1-4-11(14)15-6-7/h1-6H. The van der Waals surface area contributed by atoms with Crippen molar-refractivity contribution in [1.82, 2.24) is 9.97 Å². The van der Waals surface area contributed by atoms with Gasteiger partial charge in [-0.15, -0.1) is 11.3 Å². The van der Waals surface area contributed by atoms with E-state index >= 15 is 0 Å². The molecule has 0 aliphatic heterocycles. The van der Waals surface area contributed by atoms with E-state index < -0.39 is 5.95 Å². The van der Waals surface area contributed by atoms with Gasteiger partial charge in [0.2, 0.25) is 5.95 Å². The maximum absolute atomic E-state index is 12.7. The summed E-state index contributed by atoms with van der Waals surface area (Å²) < 4.78 is 14.8. The van der Waals surface area contributed by atoms with Crippen molar-refractivity contribution in [2.75, 3.05) is 0 Å². The second-order valence-electron chi connectivity index (χ2n) is 3.50. The first kappa shape index (κ1) is 10.8. The molecule has 3 aromatic rings. The molecule has 17 heavy (non-hydrogen) atoms. The van der Waals surface area contributed by atoms with E-state index in [2.05, 4.69) is 25.9 Å². The van der Waals surface area contributed by atoms with Gasteiger partial charge in [0, 0.05) is 16.2 Å². The molecule has 84 valence electrons. The van der Waals surface area contributed by atoms with Crippen LogP contribution in [0.4, 0.5) is 4.39 Å². The molecule has 0 unspecified atom stereocenters. The normalized spacial score (nSPS) is 10.9. The summed E-state index contributed by atoms with van der Waals surface area (Å²) in [6.45, 7) is 0. The van der Waals surface area contributed by atoms with Gasteiger partial charge < -0.3 is 0 Å². The molecule has 0 saturated heterocycles. The molecule has 0 saturated carbocycles. The summed E-state index contributed by atoms with van der Waals surface area (Å²) >= 11 is 4.99. The molecule has 1 aromatic carbocycles. The summed E-state index contributed by atoms with van der Waals surface area (Å²) in [6, 6.07) is 8.96. The third kappa shape index (κ3) is 2.08. The van der Waals surface area contributed by atoms with Gasteiger partial charge in [-0.05, 0) is 30.3 Å². The van der Waals surface area contributed by atoms with E-state index in [4.69, 9.17) is 0 Å². The van der Waals surface area contributed by atoms with Crippen molar-refractivity contribution >= 4 is 37.5 Å². The van der Waals surface area contributed by atoms with Crippen LogP contribution in [0.2, 0.25) is 0 Å². The number of rotatable bonds is 1. The van der Waals surface area contributed by atoms with Crippen LogP contribution in [0.25, 0.3) is 20.8 Å². The molecule has 0 atom stereocenters. The lowest BCUT2D eigenvalue weighted by Gasteiger charge is -1.93. The van der Waals surface area contributed by atoms with Crippen LogP contribution in [0.3, 0.4) is 0 Å². The highest BCUT2D eigenvalue weighted by molar-refractivity contribution is 9.10. The van der Waals surface area contributed by atoms with Gasteiger partial charge in [-0.25, -0.2) is 9.97 Å². The maximum atomic E-state index is 12.7. The first-order valence-corrected chi connectivity index (χ1v) is 6.51. The minimum Gasteiger partial charge on any atom is -0.236 e. The average molecular weight is 309 g/mol. The average Bonchev–Trinajstić information content (AvgIpc) is 2.72. The molecule has 0 aliphatic rings. The van der Waals surface area contributed by atoms with Crippen LogP contribution in [-0.2, 0) is 0 Å². The Balaban J connectivity index is 2.14. The summed E-state index contributed by atoms with van der Waals surface area (Å²) in [6.07, 6.45) is 1.50. The largest absolute Gasteiger partial charge is 0.236 e. The molecular formula is C12H6BrFN2S. The van der Waals surface area contributed by atoms with Crippen molar-refractivity contribution < 1.29 is 4.39 Å². The highest BCUT2D eigenvalue weighted by Crippen LogP contribution is 2.31. The Morgan fingerprint density at radius 2 is 2.06 bits per heavy atom. The topological polar surface area (TPSA) is 25.8 Å². The molecule has 0 fully saturated rings. The number of aromatic nitrogens is 2.